The summed E-state index contributed by atoms with van der Waals surface area (Å²) in [6.07, 6.45) is 3.27. The Morgan fingerprint density at radius 1 is 1.05 bits per heavy atom. The number of carbonyl (C=O) groups excluding carboxylic acids is 2. The van der Waals surface area contributed by atoms with Crippen molar-refractivity contribution in [3.8, 4) is 11.5 Å². The Hall–Kier alpha value is -3.27. The van der Waals surface area contributed by atoms with Crippen molar-refractivity contribution in [3.63, 3.8) is 0 Å². The minimum atomic E-state index is -3.63. The van der Waals surface area contributed by atoms with E-state index in [1.807, 2.05) is 38.1 Å². The van der Waals surface area contributed by atoms with Crippen molar-refractivity contribution in [2.75, 3.05) is 37.4 Å². The fourth-order valence-electron chi connectivity index (χ4n) is 4.01. The molecule has 0 fully saturated rings. The number of sulfonamides is 1. The first-order valence-corrected chi connectivity index (χ1v) is 14.9. The van der Waals surface area contributed by atoms with Gasteiger partial charge in [-0.05, 0) is 56.5 Å². The Kier molecular flexibility index (Phi) is 12.4. The first-order chi connectivity index (χ1) is 18.1. The van der Waals surface area contributed by atoms with E-state index in [0.29, 0.717) is 30.3 Å². The number of hydrogen-bond acceptors (Lipinski definition) is 6. The molecule has 2 aromatic rings. The average molecular weight is 548 g/mol. The molecule has 0 heterocycles. The summed E-state index contributed by atoms with van der Waals surface area (Å²) < 4.78 is 37.5. The molecule has 0 saturated carbocycles. The zero-order chi connectivity index (χ0) is 28.1. The summed E-state index contributed by atoms with van der Waals surface area (Å²) in [7, 11) is -2.05. The molecule has 210 valence electrons. The summed E-state index contributed by atoms with van der Waals surface area (Å²) in [6, 6.07) is 13.6. The zero-order valence-corrected chi connectivity index (χ0v) is 23.9. The van der Waals surface area contributed by atoms with E-state index in [9.17, 15) is 18.0 Å². The number of amides is 2. The van der Waals surface area contributed by atoms with Gasteiger partial charge in [-0.1, -0.05) is 37.6 Å². The van der Waals surface area contributed by atoms with Gasteiger partial charge in [0.25, 0.3) is 0 Å². The summed E-state index contributed by atoms with van der Waals surface area (Å²) in [4.78, 5) is 27.8. The number of rotatable bonds is 16. The summed E-state index contributed by atoms with van der Waals surface area (Å²) in [5.41, 5.74) is 1.26. The SMILES string of the molecule is CCCCNC(=O)C(C)N(Cc1cccc(OC)c1)C(=O)CCCN(c1ccccc1OCC)S(C)(=O)=O. The number of para-hydroxylation sites is 2. The molecule has 0 aliphatic heterocycles. The second kappa shape index (κ2) is 15.2. The Morgan fingerprint density at radius 3 is 2.45 bits per heavy atom. The molecule has 0 radical (unpaired) electrons. The van der Waals surface area contributed by atoms with Crippen LogP contribution in [0, 0.1) is 0 Å². The molecule has 0 spiro atoms. The third-order valence-electron chi connectivity index (χ3n) is 6.07. The van der Waals surface area contributed by atoms with Crippen molar-refractivity contribution < 1.29 is 27.5 Å². The molecule has 9 nitrogen and oxygen atoms in total. The van der Waals surface area contributed by atoms with Crippen LogP contribution >= 0.6 is 0 Å². The van der Waals surface area contributed by atoms with Crippen LogP contribution in [0.4, 0.5) is 5.69 Å². The predicted octanol–water partition coefficient (Wildman–Crippen LogP) is 3.97. The Labute approximate surface area is 227 Å². The quantitative estimate of drug-likeness (QED) is 0.319. The Morgan fingerprint density at radius 2 is 1.79 bits per heavy atom. The molecular weight excluding hydrogens is 506 g/mol. The number of anilines is 1. The van der Waals surface area contributed by atoms with Crippen LogP contribution in [0.1, 0.15) is 52.0 Å². The van der Waals surface area contributed by atoms with Crippen LogP contribution in [0.3, 0.4) is 0 Å². The molecule has 38 heavy (non-hydrogen) atoms. The van der Waals surface area contributed by atoms with Gasteiger partial charge in [0.15, 0.2) is 0 Å². The number of ether oxygens (including phenoxy) is 2. The number of hydrogen-bond donors (Lipinski definition) is 1. The lowest BCUT2D eigenvalue weighted by atomic mass is 10.1. The second-order valence-corrected chi connectivity index (χ2v) is 10.9. The van der Waals surface area contributed by atoms with Gasteiger partial charge in [-0.3, -0.25) is 13.9 Å². The number of carbonyl (C=O) groups is 2. The lowest BCUT2D eigenvalue weighted by molar-refractivity contribution is -0.140. The molecule has 2 aromatic carbocycles. The Bertz CT molecular complexity index is 1150. The highest BCUT2D eigenvalue weighted by molar-refractivity contribution is 7.92. The van der Waals surface area contributed by atoms with Gasteiger partial charge in [0.1, 0.15) is 17.5 Å². The molecule has 0 saturated heterocycles. The van der Waals surface area contributed by atoms with Crippen LogP contribution in [0.5, 0.6) is 11.5 Å². The third kappa shape index (κ3) is 9.24. The molecule has 2 amide bonds. The minimum absolute atomic E-state index is 0.0688. The van der Waals surface area contributed by atoms with Gasteiger partial charge in [-0.15, -0.1) is 0 Å². The van der Waals surface area contributed by atoms with E-state index in [1.165, 1.54) is 9.21 Å². The van der Waals surface area contributed by atoms with E-state index >= 15 is 0 Å². The summed E-state index contributed by atoms with van der Waals surface area (Å²) >= 11 is 0. The number of unbranched alkanes of at least 4 members (excludes halogenated alkanes) is 1. The standard InChI is InChI=1S/C28H41N3O6S/c1-6-8-18-29-28(33)22(3)30(21-23-13-11-14-24(20-23)36-4)27(32)17-12-19-31(38(5,34)35)25-15-9-10-16-26(25)37-7-2/h9-11,13-16,20,22H,6-8,12,17-19,21H2,1-5H3,(H,29,33). The molecule has 10 heteroatoms. The van der Waals surface area contributed by atoms with E-state index in [4.69, 9.17) is 9.47 Å². The molecule has 0 aliphatic rings. The van der Waals surface area contributed by atoms with Crippen molar-refractivity contribution in [2.45, 2.75) is 59.0 Å². The number of nitrogens with one attached hydrogen (secondary N) is 1. The fraction of sp³-hybridized carbons (Fsp3) is 0.500. The van der Waals surface area contributed by atoms with Crippen LogP contribution in [0.15, 0.2) is 48.5 Å². The highest BCUT2D eigenvalue weighted by Gasteiger charge is 2.27. The maximum Gasteiger partial charge on any atom is 0.242 e. The highest BCUT2D eigenvalue weighted by atomic mass is 32.2. The van der Waals surface area contributed by atoms with Gasteiger partial charge < -0.3 is 19.7 Å². The zero-order valence-electron chi connectivity index (χ0n) is 23.1. The van der Waals surface area contributed by atoms with Crippen LogP contribution in [-0.2, 0) is 26.2 Å². The first kappa shape index (κ1) is 31.0. The first-order valence-electron chi connectivity index (χ1n) is 13.0. The molecule has 1 unspecified atom stereocenters. The van der Waals surface area contributed by atoms with Gasteiger partial charge in [0.05, 0.1) is 25.7 Å². The Balaban J connectivity index is 2.20. The largest absolute Gasteiger partial charge is 0.497 e. The molecule has 1 atom stereocenters. The van der Waals surface area contributed by atoms with E-state index in [2.05, 4.69) is 5.32 Å². The second-order valence-electron chi connectivity index (χ2n) is 9.03. The van der Waals surface area contributed by atoms with Crippen molar-refractivity contribution in [1.82, 2.24) is 10.2 Å². The summed E-state index contributed by atoms with van der Waals surface area (Å²) in [5.74, 6) is 0.658. The van der Waals surface area contributed by atoms with Gasteiger partial charge in [-0.25, -0.2) is 8.42 Å². The lowest BCUT2D eigenvalue weighted by Crippen LogP contribution is -2.48. The van der Waals surface area contributed by atoms with E-state index in [0.717, 1.165) is 24.7 Å². The maximum absolute atomic E-state index is 13.4. The molecule has 1 N–H and O–H groups in total. The lowest BCUT2D eigenvalue weighted by Gasteiger charge is -2.29. The number of benzene rings is 2. The van der Waals surface area contributed by atoms with Crippen LogP contribution < -0.4 is 19.1 Å². The third-order valence-corrected chi connectivity index (χ3v) is 7.25. The predicted molar refractivity (Wildman–Crippen MR) is 150 cm³/mol. The minimum Gasteiger partial charge on any atom is -0.497 e. The van der Waals surface area contributed by atoms with Crippen LogP contribution in [0.2, 0.25) is 0 Å². The van der Waals surface area contributed by atoms with E-state index in [1.54, 1.807) is 38.3 Å². The van der Waals surface area contributed by atoms with Crippen molar-refractivity contribution in [2.24, 2.45) is 0 Å². The fourth-order valence-corrected chi connectivity index (χ4v) is 4.98. The number of nitrogens with zero attached hydrogens (tertiary/aromatic N) is 2. The van der Waals surface area contributed by atoms with Crippen molar-refractivity contribution in [1.29, 1.82) is 0 Å². The molecule has 2 rings (SSSR count). The van der Waals surface area contributed by atoms with Crippen molar-refractivity contribution in [3.05, 3.63) is 54.1 Å². The topological polar surface area (TPSA) is 105 Å². The number of methoxy groups -OCH3 is 1. The molecule has 0 aliphatic carbocycles. The van der Waals surface area contributed by atoms with E-state index in [-0.39, 0.29) is 37.7 Å². The van der Waals surface area contributed by atoms with Gasteiger partial charge in [-0.2, -0.15) is 0 Å². The molecule has 0 bridgehead atoms. The summed E-state index contributed by atoms with van der Waals surface area (Å²) in [6.45, 7) is 6.84. The van der Waals surface area contributed by atoms with Crippen LogP contribution in [0.25, 0.3) is 0 Å². The monoisotopic (exact) mass is 547 g/mol. The van der Waals surface area contributed by atoms with Gasteiger partial charge in [0.2, 0.25) is 21.8 Å². The maximum atomic E-state index is 13.4. The van der Waals surface area contributed by atoms with Gasteiger partial charge >= 0.3 is 0 Å². The van der Waals surface area contributed by atoms with Gasteiger partial charge in [0, 0.05) is 26.1 Å². The highest BCUT2D eigenvalue weighted by Crippen LogP contribution is 2.30. The molecule has 0 aromatic heterocycles. The van der Waals surface area contributed by atoms with Crippen LogP contribution in [-0.4, -0.2) is 64.2 Å². The van der Waals surface area contributed by atoms with E-state index < -0.39 is 16.1 Å². The summed E-state index contributed by atoms with van der Waals surface area (Å²) in [5, 5.41) is 2.90. The average Bonchev–Trinajstić information content (AvgIpc) is 2.89. The van der Waals surface area contributed by atoms with Crippen molar-refractivity contribution >= 4 is 27.5 Å². The molecular formula is C28H41N3O6S. The smallest absolute Gasteiger partial charge is 0.242 e. The normalized spacial score (nSPS) is 11.9.